The number of H-pyrrole nitrogens is 1. The summed E-state index contributed by atoms with van der Waals surface area (Å²) in [5.41, 5.74) is 6.92. The van der Waals surface area contributed by atoms with Crippen LogP contribution in [0.2, 0.25) is 0 Å². The molecule has 1 aliphatic heterocycles. The van der Waals surface area contributed by atoms with Crippen molar-refractivity contribution in [3.63, 3.8) is 0 Å². The number of hydrogen-bond acceptors (Lipinski definition) is 5. The van der Waals surface area contributed by atoms with Gasteiger partial charge in [0, 0.05) is 18.3 Å². The second kappa shape index (κ2) is 9.66. The lowest BCUT2D eigenvalue weighted by molar-refractivity contribution is -0.152. The molecule has 4 rings (SSSR count). The van der Waals surface area contributed by atoms with Crippen molar-refractivity contribution in [3.05, 3.63) is 64.6 Å². The van der Waals surface area contributed by atoms with Gasteiger partial charge in [-0.2, -0.15) is 0 Å². The normalized spacial score (nSPS) is 17.2. The molecule has 0 bridgehead atoms. The number of amides is 2. The number of morpholine rings is 1. The van der Waals surface area contributed by atoms with Crippen LogP contribution in [0, 0.1) is 0 Å². The molecule has 1 aliphatic rings. The Bertz CT molecular complexity index is 1340. The third kappa shape index (κ3) is 5.00. The summed E-state index contributed by atoms with van der Waals surface area (Å²) >= 11 is 0. The van der Waals surface area contributed by atoms with Gasteiger partial charge in [0.15, 0.2) is 6.10 Å². The first kappa shape index (κ1) is 24.7. The van der Waals surface area contributed by atoms with Gasteiger partial charge in [-0.25, -0.2) is 0 Å². The Labute approximate surface area is 206 Å². The molecule has 6 radical (unpaired) electrons. The highest BCUT2D eigenvalue weighted by atomic mass is 16.5. The fraction of sp³-hybridized carbons (Fsp3) is 0.292. The molecule has 1 aromatic heterocycles. The van der Waals surface area contributed by atoms with E-state index in [-0.39, 0.29) is 18.7 Å². The van der Waals surface area contributed by atoms with E-state index in [0.29, 0.717) is 39.8 Å². The monoisotopic (exact) mass is 465 g/mol. The van der Waals surface area contributed by atoms with Gasteiger partial charge in [0.2, 0.25) is 5.91 Å². The number of fused-ring (bicyclic) bond motifs is 1. The van der Waals surface area contributed by atoms with E-state index in [2.05, 4.69) is 4.98 Å². The standard InChI is InChI=1S/C24H22B3N3O5/c1-13(23(33)30-8-9-34-12-20(30)21(28)31)35-14-6-7-15-17(10-14)22(32)29-11-18(15)16-4-2-3-5-19(16)24(25,26)27/h2-7,10-11,13,20H,8-9,12H2,1H3,(H2,28,31)(H,29,32)/t13-,20-/m1/s1. The van der Waals surface area contributed by atoms with Crippen molar-refractivity contribution >= 4 is 46.1 Å². The first-order chi connectivity index (χ1) is 16.6. The SMILES string of the molecule is [B]C([B])([B])c1ccccc1-c1c[nH]c(=O)c2cc(O[C@H](C)C(=O)N3CCOC[C@@H]3C(N)=O)ccc12. The number of ether oxygens (including phenoxy) is 2. The number of carbonyl (C=O) groups excluding carboxylic acids is 2. The number of nitrogens with one attached hydrogen (secondary N) is 1. The zero-order valence-electron chi connectivity index (χ0n) is 19.2. The van der Waals surface area contributed by atoms with Gasteiger partial charge in [-0.15, -0.1) is 5.11 Å². The maximum Gasteiger partial charge on any atom is 0.264 e. The maximum atomic E-state index is 13.0. The lowest BCUT2D eigenvalue weighted by Crippen LogP contribution is -2.57. The van der Waals surface area contributed by atoms with Crippen molar-refractivity contribution < 1.29 is 19.1 Å². The fourth-order valence-electron chi connectivity index (χ4n) is 4.22. The number of benzene rings is 2. The Morgan fingerprint density at radius 2 is 1.91 bits per heavy atom. The van der Waals surface area contributed by atoms with Crippen molar-refractivity contribution in [1.29, 1.82) is 0 Å². The molecule has 8 nitrogen and oxygen atoms in total. The van der Waals surface area contributed by atoms with Crippen molar-refractivity contribution in [2.75, 3.05) is 19.8 Å². The van der Waals surface area contributed by atoms with Gasteiger partial charge in [0.1, 0.15) is 11.8 Å². The summed E-state index contributed by atoms with van der Waals surface area (Å²) in [6, 6.07) is 11.2. The quantitative estimate of drug-likeness (QED) is 0.509. The largest absolute Gasteiger partial charge is 0.481 e. The van der Waals surface area contributed by atoms with E-state index in [9.17, 15) is 14.4 Å². The molecule has 35 heavy (non-hydrogen) atoms. The molecule has 2 amide bonds. The summed E-state index contributed by atoms with van der Waals surface area (Å²) in [7, 11) is 17.9. The lowest BCUT2D eigenvalue weighted by atomic mass is 9.39. The van der Waals surface area contributed by atoms with Crippen LogP contribution in [0.5, 0.6) is 5.75 Å². The van der Waals surface area contributed by atoms with Crippen LogP contribution in [0.1, 0.15) is 12.5 Å². The third-order valence-corrected chi connectivity index (χ3v) is 5.96. The first-order valence-corrected chi connectivity index (χ1v) is 11.0. The lowest BCUT2D eigenvalue weighted by Gasteiger charge is -2.35. The number of pyridine rings is 1. The van der Waals surface area contributed by atoms with Crippen molar-refractivity contribution in [2.45, 2.75) is 24.2 Å². The van der Waals surface area contributed by atoms with Crippen LogP contribution in [0.15, 0.2) is 53.5 Å². The van der Waals surface area contributed by atoms with Gasteiger partial charge in [-0.3, -0.25) is 14.4 Å². The molecule has 3 aromatic rings. The van der Waals surface area contributed by atoms with Gasteiger partial charge in [-0.1, -0.05) is 29.8 Å². The summed E-state index contributed by atoms with van der Waals surface area (Å²) in [5, 5.41) is -0.619. The van der Waals surface area contributed by atoms with Crippen molar-refractivity contribution in [2.24, 2.45) is 5.73 Å². The van der Waals surface area contributed by atoms with Crippen LogP contribution < -0.4 is 16.0 Å². The smallest absolute Gasteiger partial charge is 0.264 e. The molecule has 2 atom stereocenters. The molecule has 1 saturated heterocycles. The molecule has 11 heteroatoms. The summed E-state index contributed by atoms with van der Waals surface area (Å²) in [6.45, 7) is 2.14. The molecule has 3 N–H and O–H groups in total. The van der Waals surface area contributed by atoms with Gasteiger partial charge in [-0.05, 0) is 36.1 Å². The van der Waals surface area contributed by atoms with Gasteiger partial charge in [0.05, 0.1) is 42.1 Å². The fourth-order valence-corrected chi connectivity index (χ4v) is 4.22. The third-order valence-electron chi connectivity index (χ3n) is 5.96. The second-order valence-electron chi connectivity index (χ2n) is 8.50. The highest BCUT2D eigenvalue weighted by Crippen LogP contribution is 2.33. The Morgan fingerprint density at radius 3 is 2.63 bits per heavy atom. The minimum absolute atomic E-state index is 0.0408. The first-order valence-electron chi connectivity index (χ1n) is 11.0. The van der Waals surface area contributed by atoms with E-state index >= 15 is 0 Å². The van der Waals surface area contributed by atoms with Gasteiger partial charge >= 0.3 is 0 Å². The van der Waals surface area contributed by atoms with Crippen LogP contribution in [-0.4, -0.2) is 77.1 Å². The molecular weight excluding hydrogens is 443 g/mol. The zero-order chi connectivity index (χ0) is 25.3. The number of nitrogens with zero attached hydrogens (tertiary/aromatic N) is 1. The van der Waals surface area contributed by atoms with Crippen LogP contribution >= 0.6 is 0 Å². The number of primary amides is 1. The average Bonchev–Trinajstić information content (AvgIpc) is 2.83. The minimum Gasteiger partial charge on any atom is -0.481 e. The summed E-state index contributed by atoms with van der Waals surface area (Å²) in [5.74, 6) is -0.741. The highest BCUT2D eigenvalue weighted by Gasteiger charge is 2.34. The van der Waals surface area contributed by atoms with Gasteiger partial charge in [0.25, 0.3) is 11.5 Å². The number of aromatic amines is 1. The van der Waals surface area contributed by atoms with Crippen molar-refractivity contribution in [3.8, 4) is 16.9 Å². The number of carbonyl (C=O) groups is 2. The topological polar surface area (TPSA) is 115 Å². The van der Waals surface area contributed by atoms with E-state index < -0.39 is 29.1 Å². The Balaban J connectivity index is 1.66. The molecule has 0 aliphatic carbocycles. The molecule has 0 saturated carbocycles. The average molecular weight is 465 g/mol. The molecule has 2 heterocycles. The molecule has 1 fully saturated rings. The maximum absolute atomic E-state index is 13.0. The molecule has 2 aromatic carbocycles. The Morgan fingerprint density at radius 1 is 1.17 bits per heavy atom. The summed E-state index contributed by atoms with van der Waals surface area (Å²) in [6.07, 6.45) is 0.646. The Kier molecular flexibility index (Phi) is 6.80. The molecule has 0 spiro atoms. The molecule has 172 valence electrons. The van der Waals surface area contributed by atoms with E-state index in [1.807, 2.05) is 12.1 Å². The summed E-state index contributed by atoms with van der Waals surface area (Å²) in [4.78, 5) is 41.4. The molecular formula is C24H22B3N3O5. The van der Waals surface area contributed by atoms with Crippen molar-refractivity contribution in [1.82, 2.24) is 9.88 Å². The number of aromatic nitrogens is 1. The van der Waals surface area contributed by atoms with Crippen LogP contribution in [0.4, 0.5) is 0 Å². The van der Waals surface area contributed by atoms with Gasteiger partial charge < -0.3 is 25.1 Å². The zero-order valence-corrected chi connectivity index (χ0v) is 19.2. The van der Waals surface area contributed by atoms with Crippen LogP contribution in [0.3, 0.4) is 0 Å². The predicted molar refractivity (Wildman–Crippen MR) is 135 cm³/mol. The number of nitrogens with two attached hydrogens (primary N) is 1. The molecule has 0 unspecified atom stereocenters. The predicted octanol–water partition coefficient (Wildman–Crippen LogP) is 0.291. The summed E-state index contributed by atoms with van der Waals surface area (Å²) < 4.78 is 11.1. The van der Waals surface area contributed by atoms with E-state index in [4.69, 9.17) is 38.7 Å². The minimum atomic E-state index is -1.58. The highest BCUT2D eigenvalue weighted by molar-refractivity contribution is 6.59. The van der Waals surface area contributed by atoms with E-state index in [0.717, 1.165) is 0 Å². The second-order valence-corrected chi connectivity index (χ2v) is 8.50. The number of rotatable bonds is 6. The van der Waals surface area contributed by atoms with E-state index in [1.54, 1.807) is 43.5 Å². The number of hydrogen-bond donors (Lipinski definition) is 2. The van der Waals surface area contributed by atoms with Crippen LogP contribution in [0.25, 0.3) is 21.9 Å². The van der Waals surface area contributed by atoms with E-state index in [1.165, 1.54) is 4.90 Å². The van der Waals surface area contributed by atoms with Crippen LogP contribution in [-0.2, 0) is 19.4 Å². The Hall–Kier alpha value is -3.46.